The predicted octanol–water partition coefficient (Wildman–Crippen LogP) is 3.74. The minimum absolute atomic E-state index is 0.671. The largest absolute Gasteiger partial charge is 0.359 e. The Hall–Kier alpha value is -0.150. The van der Waals surface area contributed by atoms with E-state index in [1.165, 1.54) is 28.9 Å². The first kappa shape index (κ1) is 10.4. The van der Waals surface area contributed by atoms with Gasteiger partial charge in [0.05, 0.1) is 5.37 Å². The maximum Gasteiger partial charge on any atom is 0.0749 e. The smallest absolute Gasteiger partial charge is 0.0749 e. The molecule has 0 N–H and O–H groups in total. The second-order valence-corrected chi connectivity index (χ2v) is 5.61. The Morgan fingerprint density at radius 3 is 3.14 bits per heavy atom. The maximum atomic E-state index is 3.52. The van der Waals surface area contributed by atoms with Gasteiger partial charge >= 0.3 is 0 Å². The zero-order valence-electron chi connectivity index (χ0n) is 8.24. The molecule has 0 saturated carbocycles. The first-order valence-electron chi connectivity index (χ1n) is 4.95. The van der Waals surface area contributed by atoms with Gasteiger partial charge in [0.1, 0.15) is 0 Å². The van der Waals surface area contributed by atoms with Crippen molar-refractivity contribution in [2.45, 2.75) is 18.7 Å². The normalized spacial score (nSPS) is 21.6. The minimum Gasteiger partial charge on any atom is -0.359 e. The lowest BCUT2D eigenvalue weighted by molar-refractivity contribution is 0.778. The van der Waals surface area contributed by atoms with Crippen LogP contribution < -0.4 is 4.90 Å². The number of hydrogen-bond acceptors (Lipinski definition) is 2. The zero-order valence-corrected chi connectivity index (χ0v) is 10.6. The summed E-state index contributed by atoms with van der Waals surface area (Å²) < 4.78 is 1.17. The number of thioether (sulfide) groups is 1. The van der Waals surface area contributed by atoms with Crippen LogP contribution in [0.15, 0.2) is 28.7 Å². The molecule has 0 radical (unpaired) electrons. The van der Waals surface area contributed by atoms with E-state index in [0.717, 1.165) is 0 Å². The van der Waals surface area contributed by atoms with E-state index >= 15 is 0 Å². The van der Waals surface area contributed by atoms with Crippen LogP contribution in [-0.2, 0) is 0 Å². The molecule has 3 heteroatoms. The van der Waals surface area contributed by atoms with Crippen LogP contribution in [0.1, 0.15) is 13.3 Å². The third-order valence-electron chi connectivity index (χ3n) is 2.48. The van der Waals surface area contributed by atoms with Crippen LogP contribution in [0.4, 0.5) is 5.69 Å². The quantitative estimate of drug-likeness (QED) is 0.806. The second-order valence-electron chi connectivity index (χ2n) is 3.41. The van der Waals surface area contributed by atoms with Crippen molar-refractivity contribution in [2.24, 2.45) is 0 Å². The van der Waals surface area contributed by atoms with E-state index in [1.54, 1.807) is 0 Å². The fraction of sp³-hybridized carbons (Fsp3) is 0.455. The van der Waals surface area contributed by atoms with E-state index in [-0.39, 0.29) is 0 Å². The molecular formula is C11H14BrNS. The van der Waals surface area contributed by atoms with Crippen molar-refractivity contribution in [3.05, 3.63) is 28.7 Å². The molecule has 1 heterocycles. The third kappa shape index (κ3) is 2.09. The molecule has 0 aromatic heterocycles. The zero-order chi connectivity index (χ0) is 9.97. The maximum absolute atomic E-state index is 3.52. The summed E-state index contributed by atoms with van der Waals surface area (Å²) in [5.74, 6) is 1.25. The molecule has 1 aliphatic heterocycles. The van der Waals surface area contributed by atoms with Crippen LogP contribution in [-0.4, -0.2) is 17.7 Å². The van der Waals surface area contributed by atoms with Gasteiger partial charge < -0.3 is 4.90 Å². The Labute approximate surface area is 98.0 Å². The van der Waals surface area contributed by atoms with Crippen molar-refractivity contribution in [2.75, 3.05) is 17.2 Å². The van der Waals surface area contributed by atoms with Crippen LogP contribution in [0.3, 0.4) is 0 Å². The van der Waals surface area contributed by atoms with E-state index in [4.69, 9.17) is 0 Å². The molecule has 0 spiro atoms. The summed E-state index contributed by atoms with van der Waals surface area (Å²) in [5.41, 5.74) is 1.34. The van der Waals surface area contributed by atoms with Gasteiger partial charge in [0.2, 0.25) is 0 Å². The van der Waals surface area contributed by atoms with E-state index in [1.807, 2.05) is 0 Å². The highest BCUT2D eigenvalue weighted by molar-refractivity contribution is 9.10. The molecule has 1 aliphatic rings. The van der Waals surface area contributed by atoms with Crippen LogP contribution in [0.25, 0.3) is 0 Å². The molecule has 76 valence electrons. The van der Waals surface area contributed by atoms with Crippen LogP contribution in [0.5, 0.6) is 0 Å². The molecule has 1 atom stereocenters. The number of hydrogen-bond donors (Lipinski definition) is 0. The fourth-order valence-corrected chi connectivity index (χ4v) is 3.41. The Balaban J connectivity index is 2.21. The van der Waals surface area contributed by atoms with Gasteiger partial charge in [0.25, 0.3) is 0 Å². The van der Waals surface area contributed by atoms with Gasteiger partial charge in [-0.3, -0.25) is 0 Å². The highest BCUT2D eigenvalue weighted by Gasteiger charge is 2.23. The third-order valence-corrected chi connectivity index (χ3v) is 4.36. The van der Waals surface area contributed by atoms with Gasteiger partial charge in [-0.2, -0.15) is 0 Å². The van der Waals surface area contributed by atoms with E-state index in [2.05, 4.69) is 63.8 Å². The number of nitrogens with zero attached hydrogens (tertiary/aromatic N) is 1. The van der Waals surface area contributed by atoms with Crippen molar-refractivity contribution >= 4 is 33.4 Å². The SMILES string of the molecule is CCC1SCCN1c1cccc(Br)c1. The predicted molar refractivity (Wildman–Crippen MR) is 68.0 cm³/mol. The van der Waals surface area contributed by atoms with Crippen molar-refractivity contribution in [3.63, 3.8) is 0 Å². The highest BCUT2D eigenvalue weighted by Crippen LogP contribution is 2.32. The summed E-state index contributed by atoms with van der Waals surface area (Å²) in [6, 6.07) is 8.58. The molecule has 14 heavy (non-hydrogen) atoms. The lowest BCUT2D eigenvalue weighted by Crippen LogP contribution is -2.27. The van der Waals surface area contributed by atoms with Crippen molar-refractivity contribution in [1.29, 1.82) is 0 Å². The van der Waals surface area contributed by atoms with Crippen molar-refractivity contribution in [3.8, 4) is 0 Å². The molecule has 1 saturated heterocycles. The summed E-state index contributed by atoms with van der Waals surface area (Å²) in [4.78, 5) is 2.50. The lowest BCUT2D eigenvalue weighted by Gasteiger charge is -2.24. The van der Waals surface area contributed by atoms with E-state index in [0.29, 0.717) is 5.37 Å². The summed E-state index contributed by atoms with van der Waals surface area (Å²) in [7, 11) is 0. The summed E-state index contributed by atoms with van der Waals surface area (Å²) in [6.45, 7) is 3.44. The van der Waals surface area contributed by atoms with Crippen LogP contribution in [0, 0.1) is 0 Å². The van der Waals surface area contributed by atoms with Gasteiger partial charge in [-0.1, -0.05) is 28.9 Å². The Morgan fingerprint density at radius 1 is 1.57 bits per heavy atom. The standard InChI is InChI=1S/C11H14BrNS/c1-2-11-13(6-7-14-11)10-5-3-4-9(12)8-10/h3-5,8,11H,2,6-7H2,1H3. The molecule has 1 nitrogen and oxygen atoms in total. The average Bonchev–Trinajstić information content (AvgIpc) is 2.65. The van der Waals surface area contributed by atoms with E-state index < -0.39 is 0 Å². The molecule has 0 amide bonds. The second kappa shape index (κ2) is 4.58. The molecule has 0 aliphatic carbocycles. The Kier molecular flexibility index (Phi) is 3.39. The van der Waals surface area contributed by atoms with Gasteiger partial charge in [0, 0.05) is 22.5 Å². The molecule has 0 bridgehead atoms. The fourth-order valence-electron chi connectivity index (χ4n) is 1.81. The molecule has 1 aromatic rings. The molecule has 1 fully saturated rings. The Bertz CT molecular complexity index is 316. The monoisotopic (exact) mass is 271 g/mol. The van der Waals surface area contributed by atoms with Gasteiger partial charge in [-0.25, -0.2) is 0 Å². The minimum atomic E-state index is 0.671. The van der Waals surface area contributed by atoms with Crippen LogP contribution in [0.2, 0.25) is 0 Å². The number of rotatable bonds is 2. The summed E-state index contributed by atoms with van der Waals surface area (Å²) in [5, 5.41) is 0.671. The first-order chi connectivity index (χ1) is 6.81. The topological polar surface area (TPSA) is 3.24 Å². The molecule has 1 aromatic carbocycles. The lowest BCUT2D eigenvalue weighted by atomic mass is 10.2. The van der Waals surface area contributed by atoms with Gasteiger partial charge in [-0.05, 0) is 24.6 Å². The van der Waals surface area contributed by atoms with Crippen molar-refractivity contribution in [1.82, 2.24) is 0 Å². The van der Waals surface area contributed by atoms with E-state index in [9.17, 15) is 0 Å². The number of anilines is 1. The number of halogens is 1. The summed E-state index contributed by atoms with van der Waals surface area (Å²) >= 11 is 5.58. The number of benzene rings is 1. The molecule has 1 unspecified atom stereocenters. The van der Waals surface area contributed by atoms with Gasteiger partial charge in [0.15, 0.2) is 0 Å². The van der Waals surface area contributed by atoms with Crippen LogP contribution >= 0.6 is 27.7 Å². The average molecular weight is 272 g/mol. The first-order valence-corrected chi connectivity index (χ1v) is 6.79. The Morgan fingerprint density at radius 2 is 2.43 bits per heavy atom. The highest BCUT2D eigenvalue weighted by atomic mass is 79.9. The summed E-state index contributed by atoms with van der Waals surface area (Å²) in [6.07, 6.45) is 1.22. The van der Waals surface area contributed by atoms with Gasteiger partial charge in [-0.15, -0.1) is 11.8 Å². The van der Waals surface area contributed by atoms with Crippen molar-refractivity contribution < 1.29 is 0 Å². The molecular weight excluding hydrogens is 258 g/mol. The molecule has 2 rings (SSSR count).